The van der Waals surface area contributed by atoms with Gasteiger partial charge in [0, 0.05) is 35.6 Å². The first-order chi connectivity index (χ1) is 22.2. The number of nitrogen functional groups attached to an aromatic ring is 1. The molecule has 1 unspecified atom stereocenters. The zero-order chi connectivity index (χ0) is 32.8. The van der Waals surface area contributed by atoms with Gasteiger partial charge >= 0.3 is 6.03 Å². The number of urea groups is 1. The van der Waals surface area contributed by atoms with Gasteiger partial charge in [-0.05, 0) is 56.2 Å². The van der Waals surface area contributed by atoms with Crippen molar-refractivity contribution in [2.45, 2.75) is 46.1 Å². The van der Waals surface area contributed by atoms with Crippen LogP contribution in [0.15, 0.2) is 89.9 Å². The predicted octanol–water partition coefficient (Wildman–Crippen LogP) is 6.14. The summed E-state index contributed by atoms with van der Waals surface area (Å²) < 4.78 is 3.14. The Bertz CT molecular complexity index is 1900. The highest BCUT2D eigenvalue weighted by molar-refractivity contribution is 6.05. The normalized spacial score (nSPS) is 11.6. The summed E-state index contributed by atoms with van der Waals surface area (Å²) in [7, 11) is 1.75. The van der Waals surface area contributed by atoms with Crippen LogP contribution in [0.2, 0.25) is 0 Å². The molecular weight excluding hydrogens is 580 g/mol. The van der Waals surface area contributed by atoms with Crippen molar-refractivity contribution in [2.24, 2.45) is 7.05 Å². The van der Waals surface area contributed by atoms with E-state index in [9.17, 15) is 14.4 Å². The third-order valence-corrected chi connectivity index (χ3v) is 7.90. The fourth-order valence-corrected chi connectivity index (χ4v) is 5.29. The largest absolute Gasteiger partial charge is 0.382 e. The van der Waals surface area contributed by atoms with Gasteiger partial charge in [0.25, 0.3) is 11.5 Å². The first-order valence-corrected chi connectivity index (χ1v) is 15.3. The van der Waals surface area contributed by atoms with Crippen LogP contribution in [-0.4, -0.2) is 37.3 Å². The van der Waals surface area contributed by atoms with E-state index in [-0.39, 0.29) is 23.5 Å². The Morgan fingerprint density at radius 3 is 2.15 bits per heavy atom. The van der Waals surface area contributed by atoms with Crippen LogP contribution in [0.3, 0.4) is 0 Å². The minimum Gasteiger partial charge on any atom is -0.382 e. The van der Waals surface area contributed by atoms with Gasteiger partial charge in [0.1, 0.15) is 17.1 Å². The van der Waals surface area contributed by atoms with Crippen molar-refractivity contribution in [3.05, 3.63) is 107 Å². The zero-order valence-electron chi connectivity index (χ0n) is 26.4. The van der Waals surface area contributed by atoms with Gasteiger partial charge in [-0.1, -0.05) is 62.7 Å². The molecule has 0 spiro atoms. The highest BCUT2D eigenvalue weighted by Gasteiger charge is 2.22. The number of hydrogen-bond acceptors (Lipinski definition) is 6. The number of carbonyl (C=O) groups excluding carboxylic acids is 2. The van der Waals surface area contributed by atoms with Crippen LogP contribution in [0, 0.1) is 6.92 Å². The van der Waals surface area contributed by atoms with Gasteiger partial charge in [0.2, 0.25) is 0 Å². The third-order valence-electron chi connectivity index (χ3n) is 7.90. The molecule has 5 aromatic rings. The second-order valence-corrected chi connectivity index (χ2v) is 11.0. The van der Waals surface area contributed by atoms with Crippen LogP contribution >= 0.6 is 0 Å². The first-order valence-electron chi connectivity index (χ1n) is 15.3. The maximum atomic E-state index is 13.2. The topological polar surface area (TPSA) is 149 Å². The SMILES string of the molecule is CCCC(CC)NC(=O)Nc1ccc(-c2cnc(N)c(-c3ccc(NC(=O)c4c(C)n(C)n(-c5ccccc5)c4=O)cc3)n2)cc1. The number of aromatic nitrogens is 4. The molecule has 0 aliphatic heterocycles. The van der Waals surface area contributed by atoms with Crippen LogP contribution in [0.4, 0.5) is 22.0 Å². The van der Waals surface area contributed by atoms with Crippen molar-refractivity contribution >= 4 is 29.1 Å². The van der Waals surface area contributed by atoms with Crippen molar-refractivity contribution in [3.63, 3.8) is 0 Å². The lowest BCUT2D eigenvalue weighted by molar-refractivity contribution is 0.102. The van der Waals surface area contributed by atoms with Gasteiger partial charge < -0.3 is 21.7 Å². The molecule has 2 aromatic heterocycles. The van der Waals surface area contributed by atoms with E-state index in [0.717, 1.165) is 24.8 Å². The molecule has 46 heavy (non-hydrogen) atoms. The fraction of sp³-hybridized carbons (Fsp3) is 0.229. The molecule has 0 saturated carbocycles. The quantitative estimate of drug-likeness (QED) is 0.148. The summed E-state index contributed by atoms with van der Waals surface area (Å²) >= 11 is 0. The molecule has 3 aromatic carbocycles. The molecule has 0 saturated heterocycles. The molecule has 11 nitrogen and oxygen atoms in total. The second kappa shape index (κ2) is 13.9. The summed E-state index contributed by atoms with van der Waals surface area (Å²) in [6.45, 7) is 5.89. The lowest BCUT2D eigenvalue weighted by Crippen LogP contribution is -2.37. The summed E-state index contributed by atoms with van der Waals surface area (Å²) in [4.78, 5) is 48.0. The average Bonchev–Trinajstić information content (AvgIpc) is 3.29. The summed E-state index contributed by atoms with van der Waals surface area (Å²) in [5.41, 5.74) is 10.9. The number of nitrogens with zero attached hydrogens (tertiary/aromatic N) is 4. The molecule has 0 radical (unpaired) electrons. The molecule has 0 fully saturated rings. The molecule has 0 aliphatic rings. The van der Waals surface area contributed by atoms with Gasteiger partial charge in [-0.25, -0.2) is 19.4 Å². The van der Waals surface area contributed by atoms with E-state index >= 15 is 0 Å². The number of benzene rings is 3. The molecule has 11 heteroatoms. The van der Waals surface area contributed by atoms with Crippen molar-refractivity contribution in [3.8, 4) is 28.2 Å². The van der Waals surface area contributed by atoms with E-state index in [1.165, 1.54) is 4.68 Å². The van der Waals surface area contributed by atoms with Crippen molar-refractivity contribution in [1.29, 1.82) is 0 Å². The van der Waals surface area contributed by atoms with Gasteiger partial charge in [0.05, 0.1) is 23.3 Å². The standard InChI is InChI=1S/C35H38N8O3/c1-5-10-25(6-2)39-35(46)40-27-17-13-23(14-18-27)29-21-37-32(36)31(41-29)24-15-19-26(20-16-24)38-33(44)30-22(3)42(4)43(34(30)45)28-11-8-7-9-12-28/h7-9,11-21,25H,5-6,10H2,1-4H3,(H2,36,37)(H,38,44)(H2,39,40,46). The Morgan fingerprint density at radius 2 is 1.52 bits per heavy atom. The average molecular weight is 619 g/mol. The molecule has 236 valence electrons. The zero-order valence-corrected chi connectivity index (χ0v) is 26.4. The highest BCUT2D eigenvalue weighted by Crippen LogP contribution is 2.28. The molecule has 0 bridgehead atoms. The number of carbonyl (C=O) groups is 2. The molecule has 0 aliphatic carbocycles. The van der Waals surface area contributed by atoms with Gasteiger partial charge in [-0.15, -0.1) is 0 Å². The van der Waals surface area contributed by atoms with Crippen LogP contribution in [0.5, 0.6) is 0 Å². The van der Waals surface area contributed by atoms with Crippen LogP contribution in [0.25, 0.3) is 28.2 Å². The monoisotopic (exact) mass is 618 g/mol. The van der Waals surface area contributed by atoms with E-state index in [1.807, 2.05) is 54.6 Å². The van der Waals surface area contributed by atoms with E-state index in [2.05, 4.69) is 34.8 Å². The molecule has 3 amide bonds. The minimum atomic E-state index is -0.497. The Hall–Kier alpha value is -5.71. The Balaban J connectivity index is 1.29. The van der Waals surface area contributed by atoms with Gasteiger partial charge in [-0.3, -0.25) is 14.3 Å². The van der Waals surface area contributed by atoms with Gasteiger partial charge in [-0.2, -0.15) is 0 Å². The summed E-state index contributed by atoms with van der Waals surface area (Å²) in [6, 6.07) is 23.5. The summed E-state index contributed by atoms with van der Waals surface area (Å²) in [5.74, 6) is -0.238. The van der Waals surface area contributed by atoms with E-state index in [1.54, 1.807) is 49.1 Å². The fourth-order valence-electron chi connectivity index (χ4n) is 5.29. The number of anilines is 3. The van der Waals surface area contributed by atoms with E-state index in [0.29, 0.717) is 39.7 Å². The maximum absolute atomic E-state index is 13.2. The predicted molar refractivity (Wildman–Crippen MR) is 182 cm³/mol. The van der Waals surface area contributed by atoms with Crippen LogP contribution in [0.1, 0.15) is 49.2 Å². The Morgan fingerprint density at radius 1 is 0.891 bits per heavy atom. The summed E-state index contributed by atoms with van der Waals surface area (Å²) in [5, 5.41) is 8.72. The lowest BCUT2D eigenvalue weighted by Gasteiger charge is -2.16. The maximum Gasteiger partial charge on any atom is 0.319 e. The molecule has 5 rings (SSSR count). The number of nitrogens with one attached hydrogen (secondary N) is 3. The third kappa shape index (κ3) is 6.83. The molecule has 2 heterocycles. The first kappa shape index (κ1) is 31.7. The highest BCUT2D eigenvalue weighted by atomic mass is 16.2. The molecule has 5 N–H and O–H groups in total. The molecule has 1 atom stereocenters. The number of rotatable bonds is 10. The number of hydrogen-bond donors (Lipinski definition) is 4. The second-order valence-electron chi connectivity index (χ2n) is 11.0. The number of amides is 3. The molecular formula is C35H38N8O3. The van der Waals surface area contributed by atoms with Crippen molar-refractivity contribution in [1.82, 2.24) is 24.6 Å². The Kier molecular flexibility index (Phi) is 9.61. The van der Waals surface area contributed by atoms with E-state index in [4.69, 9.17) is 10.7 Å². The number of para-hydroxylation sites is 1. The minimum absolute atomic E-state index is 0.0711. The van der Waals surface area contributed by atoms with Crippen molar-refractivity contribution < 1.29 is 9.59 Å². The Labute approximate surface area is 267 Å². The van der Waals surface area contributed by atoms with Crippen LogP contribution in [-0.2, 0) is 7.05 Å². The number of nitrogens with two attached hydrogens (primary N) is 1. The van der Waals surface area contributed by atoms with Gasteiger partial charge in [0.15, 0.2) is 0 Å². The smallest absolute Gasteiger partial charge is 0.319 e. The van der Waals surface area contributed by atoms with E-state index < -0.39 is 11.5 Å². The van der Waals surface area contributed by atoms with Crippen LogP contribution < -0.4 is 27.2 Å². The van der Waals surface area contributed by atoms with Crippen molar-refractivity contribution in [2.75, 3.05) is 16.4 Å². The lowest BCUT2D eigenvalue weighted by atomic mass is 10.1. The summed E-state index contributed by atoms with van der Waals surface area (Å²) in [6.07, 6.45) is 4.42.